The molecule has 10 heteroatoms. The number of urea groups is 1. The van der Waals surface area contributed by atoms with Crippen molar-refractivity contribution in [1.29, 1.82) is 0 Å². The molecule has 0 aliphatic carbocycles. The van der Waals surface area contributed by atoms with Crippen molar-refractivity contribution in [3.05, 3.63) is 41.0 Å². The number of aromatic nitrogens is 1. The Morgan fingerprint density at radius 1 is 1.21 bits per heavy atom. The second-order valence-corrected chi connectivity index (χ2v) is 8.90. The number of alkyl halides is 3. The number of ether oxygens (including phenoxy) is 1. The van der Waals surface area contributed by atoms with Gasteiger partial charge in [-0.25, -0.2) is 9.78 Å². The summed E-state index contributed by atoms with van der Waals surface area (Å²) in [6.07, 6.45) is -4.72. The van der Waals surface area contributed by atoms with Gasteiger partial charge in [0.05, 0.1) is 13.2 Å². The number of nitrogens with zero attached hydrogens (tertiary/aromatic N) is 3. The van der Waals surface area contributed by atoms with Gasteiger partial charge >= 0.3 is 12.2 Å². The smallest absolute Gasteiger partial charge is 0.378 e. The molecule has 2 aliphatic rings. The number of amides is 2. The summed E-state index contributed by atoms with van der Waals surface area (Å²) in [5, 5.41) is 3.20. The Kier molecular flexibility index (Phi) is 6.99. The Labute approximate surface area is 195 Å². The van der Waals surface area contributed by atoms with E-state index in [9.17, 15) is 18.0 Å². The van der Waals surface area contributed by atoms with E-state index in [-0.39, 0.29) is 6.54 Å². The summed E-state index contributed by atoms with van der Waals surface area (Å²) in [6.45, 7) is 5.10. The number of hydrogen-bond acceptors (Lipinski definition) is 4. The predicted molar refractivity (Wildman–Crippen MR) is 122 cm³/mol. The van der Waals surface area contributed by atoms with Crippen LogP contribution in [0.4, 0.5) is 29.5 Å². The minimum Gasteiger partial charge on any atom is -0.378 e. The molecular weight excluding hydrogens is 457 g/mol. The third-order valence-electron chi connectivity index (χ3n) is 6.01. The molecule has 1 aromatic heterocycles. The summed E-state index contributed by atoms with van der Waals surface area (Å²) < 4.78 is 43.4. The number of benzene rings is 1. The van der Waals surface area contributed by atoms with Crippen LogP contribution in [0.2, 0.25) is 5.15 Å². The van der Waals surface area contributed by atoms with Gasteiger partial charge in [0, 0.05) is 38.3 Å². The van der Waals surface area contributed by atoms with Crippen molar-refractivity contribution >= 4 is 29.1 Å². The first kappa shape index (κ1) is 23.6. The average Bonchev–Trinajstić information content (AvgIpc) is 3.22. The molecule has 0 spiro atoms. The van der Waals surface area contributed by atoms with Crippen molar-refractivity contribution in [2.75, 3.05) is 49.6 Å². The van der Waals surface area contributed by atoms with E-state index in [0.29, 0.717) is 37.0 Å². The second kappa shape index (κ2) is 9.77. The molecule has 1 N–H and O–H groups in total. The summed E-state index contributed by atoms with van der Waals surface area (Å²) in [5.41, 5.74) is 3.33. The molecule has 2 aromatic rings. The largest absolute Gasteiger partial charge is 0.389 e. The highest BCUT2D eigenvalue weighted by atomic mass is 35.5. The van der Waals surface area contributed by atoms with E-state index in [1.165, 1.54) is 4.90 Å². The Hall–Kier alpha value is -2.52. The average molecular weight is 483 g/mol. The SMILES string of the molecule is Cc1ccc(NC(=O)N2CC[C@@H](CC(F)(F)F)C2)cc1-c1cc(Cl)nc(N2CCOCC2)c1. The maximum Gasteiger partial charge on any atom is 0.389 e. The van der Waals surface area contributed by atoms with Gasteiger partial charge in [-0.15, -0.1) is 0 Å². The molecule has 0 saturated carbocycles. The summed E-state index contributed by atoms with van der Waals surface area (Å²) in [4.78, 5) is 20.7. The number of carbonyl (C=O) groups excluding carboxylic acids is 1. The van der Waals surface area contributed by atoms with Crippen molar-refractivity contribution < 1.29 is 22.7 Å². The van der Waals surface area contributed by atoms with Crippen LogP contribution < -0.4 is 10.2 Å². The third kappa shape index (κ3) is 6.09. The van der Waals surface area contributed by atoms with Crippen LogP contribution in [0.1, 0.15) is 18.4 Å². The summed E-state index contributed by atoms with van der Waals surface area (Å²) in [7, 11) is 0. The molecule has 4 rings (SSSR count). The molecule has 2 saturated heterocycles. The van der Waals surface area contributed by atoms with E-state index in [1.54, 1.807) is 12.1 Å². The van der Waals surface area contributed by atoms with Gasteiger partial charge < -0.3 is 19.9 Å². The standard InChI is InChI=1S/C23H26ClF3N4O2/c1-15-2-3-18(28-22(32)31-5-4-16(14-31)13-23(25,26)27)12-19(15)17-10-20(24)29-21(11-17)30-6-8-33-9-7-30/h2-3,10-12,16H,4-9,13-14H2,1H3,(H,28,32)/t16-/m0/s1. The first-order valence-corrected chi connectivity index (χ1v) is 11.3. The third-order valence-corrected chi connectivity index (χ3v) is 6.20. The highest BCUT2D eigenvalue weighted by molar-refractivity contribution is 6.29. The molecule has 1 aromatic carbocycles. The fourth-order valence-corrected chi connectivity index (χ4v) is 4.52. The minimum absolute atomic E-state index is 0.104. The number of pyridine rings is 1. The molecule has 0 bridgehead atoms. The van der Waals surface area contributed by atoms with Crippen molar-refractivity contribution in [3.8, 4) is 11.1 Å². The normalized spacial score (nSPS) is 19.1. The zero-order chi connectivity index (χ0) is 23.6. The highest BCUT2D eigenvalue weighted by Gasteiger charge is 2.36. The fraction of sp³-hybridized carbons (Fsp3) is 0.478. The molecule has 0 radical (unpaired) electrons. The lowest BCUT2D eigenvalue weighted by Crippen LogP contribution is -2.36. The first-order valence-electron chi connectivity index (χ1n) is 10.9. The van der Waals surface area contributed by atoms with Crippen LogP contribution in [-0.4, -0.2) is 61.5 Å². The quantitative estimate of drug-likeness (QED) is 0.596. The topological polar surface area (TPSA) is 57.7 Å². The van der Waals surface area contributed by atoms with Crippen LogP contribution in [0.15, 0.2) is 30.3 Å². The van der Waals surface area contributed by atoms with Gasteiger partial charge in [0.15, 0.2) is 0 Å². The number of anilines is 2. The van der Waals surface area contributed by atoms with E-state index >= 15 is 0 Å². The van der Waals surface area contributed by atoms with Crippen LogP contribution in [0.5, 0.6) is 0 Å². The van der Waals surface area contributed by atoms with E-state index in [1.807, 2.05) is 25.1 Å². The molecule has 178 valence electrons. The van der Waals surface area contributed by atoms with Crippen LogP contribution in [0, 0.1) is 12.8 Å². The second-order valence-electron chi connectivity index (χ2n) is 8.52. The van der Waals surface area contributed by atoms with Gasteiger partial charge in [0.1, 0.15) is 11.0 Å². The Morgan fingerprint density at radius 3 is 2.70 bits per heavy atom. The molecule has 6 nitrogen and oxygen atoms in total. The number of halogens is 4. The van der Waals surface area contributed by atoms with Gasteiger partial charge in [-0.05, 0) is 60.2 Å². The minimum atomic E-state index is -4.21. The lowest BCUT2D eigenvalue weighted by Gasteiger charge is -2.28. The predicted octanol–water partition coefficient (Wildman–Crippen LogP) is 5.35. The molecule has 2 aliphatic heterocycles. The number of carbonyl (C=O) groups is 1. The Bertz CT molecular complexity index is 1010. The van der Waals surface area contributed by atoms with E-state index in [0.717, 1.165) is 35.6 Å². The maximum atomic E-state index is 12.7. The van der Waals surface area contributed by atoms with Crippen LogP contribution in [0.25, 0.3) is 11.1 Å². The number of aryl methyl sites for hydroxylation is 1. The zero-order valence-corrected chi connectivity index (χ0v) is 19.0. The highest BCUT2D eigenvalue weighted by Crippen LogP contribution is 2.33. The van der Waals surface area contributed by atoms with E-state index in [4.69, 9.17) is 16.3 Å². The molecule has 2 fully saturated rings. The number of morpholine rings is 1. The molecule has 1 atom stereocenters. The molecule has 0 unspecified atom stereocenters. The number of rotatable bonds is 4. The summed E-state index contributed by atoms with van der Waals surface area (Å²) in [6, 6.07) is 8.88. The number of hydrogen-bond donors (Lipinski definition) is 1. The van der Waals surface area contributed by atoms with Crippen LogP contribution in [-0.2, 0) is 4.74 Å². The Balaban J connectivity index is 1.49. The Morgan fingerprint density at radius 2 is 1.97 bits per heavy atom. The molecular formula is C23H26ClF3N4O2. The van der Waals surface area contributed by atoms with Gasteiger partial charge in [-0.3, -0.25) is 0 Å². The first-order chi connectivity index (χ1) is 15.7. The van der Waals surface area contributed by atoms with E-state index in [2.05, 4.69) is 15.2 Å². The van der Waals surface area contributed by atoms with Gasteiger partial charge in [0.2, 0.25) is 0 Å². The number of likely N-dealkylation sites (tertiary alicyclic amines) is 1. The maximum absolute atomic E-state index is 12.7. The molecule has 3 heterocycles. The van der Waals surface area contributed by atoms with Crippen molar-refractivity contribution in [1.82, 2.24) is 9.88 Å². The van der Waals surface area contributed by atoms with Crippen molar-refractivity contribution in [2.24, 2.45) is 5.92 Å². The van der Waals surface area contributed by atoms with E-state index < -0.39 is 24.5 Å². The van der Waals surface area contributed by atoms with Crippen molar-refractivity contribution in [3.63, 3.8) is 0 Å². The van der Waals surface area contributed by atoms with Gasteiger partial charge in [-0.2, -0.15) is 13.2 Å². The molecule has 33 heavy (non-hydrogen) atoms. The fourth-order valence-electron chi connectivity index (χ4n) is 4.32. The zero-order valence-electron chi connectivity index (χ0n) is 18.3. The number of nitrogens with one attached hydrogen (secondary N) is 1. The van der Waals surface area contributed by atoms with Crippen LogP contribution >= 0.6 is 11.6 Å². The summed E-state index contributed by atoms with van der Waals surface area (Å²) >= 11 is 6.32. The van der Waals surface area contributed by atoms with Crippen molar-refractivity contribution in [2.45, 2.75) is 25.9 Å². The van der Waals surface area contributed by atoms with Crippen LogP contribution in [0.3, 0.4) is 0 Å². The lowest BCUT2D eigenvalue weighted by atomic mass is 10.0. The van der Waals surface area contributed by atoms with Gasteiger partial charge in [0.25, 0.3) is 0 Å². The van der Waals surface area contributed by atoms with Gasteiger partial charge in [-0.1, -0.05) is 17.7 Å². The lowest BCUT2D eigenvalue weighted by molar-refractivity contribution is -0.143. The summed E-state index contributed by atoms with van der Waals surface area (Å²) in [5.74, 6) is 0.212. The molecule has 2 amide bonds. The monoisotopic (exact) mass is 482 g/mol.